The molecule has 1 fully saturated rings. The zero-order valence-electron chi connectivity index (χ0n) is 10.3. The van der Waals surface area contributed by atoms with E-state index in [0.29, 0.717) is 6.54 Å². The van der Waals surface area contributed by atoms with E-state index in [1.165, 1.54) is 25.0 Å². The molecule has 1 aromatic rings. The number of likely N-dealkylation sites (tertiary alicyclic amines) is 1. The number of aliphatic hydroxyl groups excluding tert-OH is 1. The standard InChI is InChI=1S/C14H20FNO/c1-11-6-8-16(9-7-11)10-14(17)12-2-4-13(15)5-3-12/h2-5,11,14,17H,6-10H2,1H3. The molecule has 17 heavy (non-hydrogen) atoms. The summed E-state index contributed by atoms with van der Waals surface area (Å²) in [5.74, 6) is 0.543. The molecule has 0 aliphatic carbocycles. The number of hydrogen-bond donors (Lipinski definition) is 1. The normalized spacial score (nSPS) is 20.4. The van der Waals surface area contributed by atoms with E-state index in [1.807, 2.05) is 0 Å². The van der Waals surface area contributed by atoms with Gasteiger partial charge in [-0.1, -0.05) is 19.1 Å². The lowest BCUT2D eigenvalue weighted by Gasteiger charge is -2.31. The van der Waals surface area contributed by atoms with Gasteiger partial charge in [-0.15, -0.1) is 0 Å². The van der Waals surface area contributed by atoms with Crippen molar-refractivity contribution in [3.63, 3.8) is 0 Å². The third-order valence-corrected chi connectivity index (χ3v) is 3.56. The van der Waals surface area contributed by atoms with Gasteiger partial charge in [-0.3, -0.25) is 0 Å². The van der Waals surface area contributed by atoms with E-state index in [2.05, 4.69) is 11.8 Å². The van der Waals surface area contributed by atoms with Gasteiger partial charge in [0.2, 0.25) is 0 Å². The van der Waals surface area contributed by atoms with Crippen molar-refractivity contribution in [3.05, 3.63) is 35.6 Å². The first-order chi connectivity index (χ1) is 8.15. The minimum absolute atomic E-state index is 0.257. The van der Waals surface area contributed by atoms with Crippen LogP contribution in [0.15, 0.2) is 24.3 Å². The van der Waals surface area contributed by atoms with Crippen LogP contribution in [0, 0.1) is 11.7 Å². The zero-order chi connectivity index (χ0) is 12.3. The average Bonchev–Trinajstić information content (AvgIpc) is 2.33. The molecule has 1 aliphatic rings. The molecule has 0 saturated carbocycles. The summed E-state index contributed by atoms with van der Waals surface area (Å²) >= 11 is 0. The molecule has 1 N–H and O–H groups in total. The number of benzene rings is 1. The van der Waals surface area contributed by atoms with Crippen molar-refractivity contribution in [1.29, 1.82) is 0 Å². The Morgan fingerprint density at radius 3 is 2.47 bits per heavy atom. The van der Waals surface area contributed by atoms with Crippen LogP contribution in [0.2, 0.25) is 0 Å². The maximum Gasteiger partial charge on any atom is 0.123 e. The van der Waals surface area contributed by atoms with Gasteiger partial charge in [0.05, 0.1) is 6.10 Å². The molecular weight excluding hydrogens is 217 g/mol. The average molecular weight is 237 g/mol. The lowest BCUT2D eigenvalue weighted by atomic mass is 9.98. The summed E-state index contributed by atoms with van der Waals surface area (Å²) in [5.41, 5.74) is 0.796. The van der Waals surface area contributed by atoms with Crippen molar-refractivity contribution in [3.8, 4) is 0 Å². The fourth-order valence-electron chi connectivity index (χ4n) is 2.28. The molecule has 3 heteroatoms. The molecule has 0 spiro atoms. The summed E-state index contributed by atoms with van der Waals surface area (Å²) in [6.07, 6.45) is 1.90. The fourth-order valence-corrected chi connectivity index (χ4v) is 2.28. The maximum atomic E-state index is 12.8. The number of rotatable bonds is 3. The highest BCUT2D eigenvalue weighted by atomic mass is 19.1. The SMILES string of the molecule is CC1CCN(CC(O)c2ccc(F)cc2)CC1. The Balaban J connectivity index is 1.88. The van der Waals surface area contributed by atoms with Crippen LogP contribution < -0.4 is 0 Å². The second kappa shape index (κ2) is 5.61. The van der Waals surface area contributed by atoms with Crippen molar-refractivity contribution in [2.75, 3.05) is 19.6 Å². The molecule has 2 rings (SSSR count). The molecule has 2 nitrogen and oxygen atoms in total. The van der Waals surface area contributed by atoms with Gasteiger partial charge in [-0.2, -0.15) is 0 Å². The summed E-state index contributed by atoms with van der Waals surface area (Å²) in [6, 6.07) is 6.12. The minimum atomic E-state index is -0.510. The summed E-state index contributed by atoms with van der Waals surface area (Å²) < 4.78 is 12.8. The monoisotopic (exact) mass is 237 g/mol. The van der Waals surface area contributed by atoms with Gasteiger partial charge >= 0.3 is 0 Å². The second-order valence-electron chi connectivity index (χ2n) is 5.05. The van der Waals surface area contributed by atoms with E-state index in [1.54, 1.807) is 12.1 Å². The van der Waals surface area contributed by atoms with E-state index >= 15 is 0 Å². The molecule has 1 atom stereocenters. The lowest BCUT2D eigenvalue weighted by molar-refractivity contribution is 0.0916. The highest BCUT2D eigenvalue weighted by Gasteiger charge is 2.18. The summed E-state index contributed by atoms with van der Waals surface area (Å²) in [5, 5.41) is 10.1. The van der Waals surface area contributed by atoms with Gasteiger partial charge in [0.1, 0.15) is 5.82 Å². The Hall–Kier alpha value is -0.930. The Labute approximate surface area is 102 Å². The Morgan fingerprint density at radius 1 is 1.29 bits per heavy atom. The molecule has 0 bridgehead atoms. The molecule has 94 valence electrons. The van der Waals surface area contributed by atoms with E-state index < -0.39 is 6.10 Å². The Bertz CT molecular complexity index is 344. The van der Waals surface area contributed by atoms with Crippen LogP contribution in [-0.4, -0.2) is 29.6 Å². The van der Waals surface area contributed by atoms with Gasteiger partial charge < -0.3 is 10.0 Å². The number of aliphatic hydroxyl groups is 1. The highest BCUT2D eigenvalue weighted by Crippen LogP contribution is 2.20. The van der Waals surface area contributed by atoms with Crippen LogP contribution in [0.5, 0.6) is 0 Å². The van der Waals surface area contributed by atoms with E-state index in [0.717, 1.165) is 24.6 Å². The molecular formula is C14H20FNO. The van der Waals surface area contributed by atoms with Crippen molar-refractivity contribution in [1.82, 2.24) is 4.90 Å². The van der Waals surface area contributed by atoms with Gasteiger partial charge in [0.15, 0.2) is 0 Å². The zero-order valence-corrected chi connectivity index (χ0v) is 10.3. The van der Waals surface area contributed by atoms with Crippen molar-refractivity contribution in [2.45, 2.75) is 25.9 Å². The van der Waals surface area contributed by atoms with Gasteiger partial charge in [0, 0.05) is 6.54 Å². The van der Waals surface area contributed by atoms with Crippen LogP contribution in [0.4, 0.5) is 4.39 Å². The summed E-state index contributed by atoms with van der Waals surface area (Å²) in [7, 11) is 0. The van der Waals surface area contributed by atoms with Crippen molar-refractivity contribution >= 4 is 0 Å². The number of halogens is 1. The largest absolute Gasteiger partial charge is 0.387 e. The first kappa shape index (κ1) is 12.5. The molecule has 0 aromatic heterocycles. The maximum absolute atomic E-state index is 12.8. The highest BCUT2D eigenvalue weighted by molar-refractivity contribution is 5.18. The molecule has 1 saturated heterocycles. The van der Waals surface area contributed by atoms with Crippen LogP contribution >= 0.6 is 0 Å². The number of piperidine rings is 1. The molecule has 1 unspecified atom stereocenters. The van der Waals surface area contributed by atoms with E-state index in [-0.39, 0.29) is 5.82 Å². The van der Waals surface area contributed by atoms with Crippen molar-refractivity contribution < 1.29 is 9.50 Å². The fraction of sp³-hybridized carbons (Fsp3) is 0.571. The predicted octanol–water partition coefficient (Wildman–Crippen LogP) is 2.59. The van der Waals surface area contributed by atoms with Gasteiger partial charge in [-0.25, -0.2) is 4.39 Å². The number of β-amino-alcohol motifs (C(OH)–C–C–N with tert-alkyl or cyclic N) is 1. The smallest absolute Gasteiger partial charge is 0.123 e. The first-order valence-electron chi connectivity index (χ1n) is 6.31. The van der Waals surface area contributed by atoms with Crippen LogP contribution in [0.1, 0.15) is 31.4 Å². The predicted molar refractivity (Wildman–Crippen MR) is 66.2 cm³/mol. The topological polar surface area (TPSA) is 23.5 Å². The lowest BCUT2D eigenvalue weighted by Crippen LogP contribution is -2.35. The van der Waals surface area contributed by atoms with E-state index in [9.17, 15) is 9.50 Å². The van der Waals surface area contributed by atoms with E-state index in [4.69, 9.17) is 0 Å². The Morgan fingerprint density at radius 2 is 1.88 bits per heavy atom. The summed E-state index contributed by atoms with van der Waals surface area (Å²) in [4.78, 5) is 2.29. The number of nitrogens with zero attached hydrogens (tertiary/aromatic N) is 1. The first-order valence-corrected chi connectivity index (χ1v) is 6.31. The number of hydrogen-bond acceptors (Lipinski definition) is 2. The van der Waals surface area contributed by atoms with Crippen LogP contribution in [0.25, 0.3) is 0 Å². The van der Waals surface area contributed by atoms with Crippen molar-refractivity contribution in [2.24, 2.45) is 5.92 Å². The van der Waals surface area contributed by atoms with Crippen LogP contribution in [-0.2, 0) is 0 Å². The molecule has 0 amide bonds. The Kier molecular flexibility index (Phi) is 4.13. The summed E-state index contributed by atoms with van der Waals surface area (Å²) in [6.45, 7) is 5.03. The van der Waals surface area contributed by atoms with Gasteiger partial charge in [-0.05, 0) is 49.5 Å². The molecule has 1 aliphatic heterocycles. The van der Waals surface area contributed by atoms with Crippen LogP contribution in [0.3, 0.4) is 0 Å². The van der Waals surface area contributed by atoms with Gasteiger partial charge in [0.25, 0.3) is 0 Å². The molecule has 1 heterocycles. The third kappa shape index (κ3) is 3.51. The quantitative estimate of drug-likeness (QED) is 0.873. The second-order valence-corrected chi connectivity index (χ2v) is 5.05. The molecule has 0 radical (unpaired) electrons. The minimum Gasteiger partial charge on any atom is -0.387 e. The third-order valence-electron chi connectivity index (χ3n) is 3.56. The molecule has 1 aromatic carbocycles.